The minimum atomic E-state index is -3.92. The Hall–Kier alpha value is -0.630. The molecule has 1 rings (SSSR count). The molecule has 0 aliphatic heterocycles. The van der Waals surface area contributed by atoms with Crippen LogP contribution in [0.2, 0.25) is 0 Å². The Labute approximate surface area is 131 Å². The molecule has 1 aromatic rings. The van der Waals surface area contributed by atoms with Crippen molar-refractivity contribution in [1.82, 2.24) is 4.90 Å². The van der Waals surface area contributed by atoms with Crippen LogP contribution in [0.4, 0.5) is 0 Å². The number of carbonyl (C=O) groups is 1. The van der Waals surface area contributed by atoms with Crippen molar-refractivity contribution in [2.75, 3.05) is 27.3 Å². The minimum Gasteiger partial charge on any atom is -0.383 e. The predicted molar refractivity (Wildman–Crippen MR) is 80.8 cm³/mol. The number of hydrogen-bond donors (Lipinski definition) is 0. The van der Waals surface area contributed by atoms with Crippen molar-refractivity contribution in [1.29, 1.82) is 0 Å². The van der Waals surface area contributed by atoms with Gasteiger partial charge < -0.3 is 9.64 Å². The maximum absolute atomic E-state index is 12.2. The molecule has 5 nitrogen and oxygen atoms in total. The third kappa shape index (κ3) is 4.18. The lowest BCUT2D eigenvalue weighted by Crippen LogP contribution is -2.30. The lowest BCUT2D eigenvalue weighted by Gasteiger charge is -2.17. The van der Waals surface area contributed by atoms with E-state index in [4.69, 9.17) is 15.4 Å². The first kappa shape index (κ1) is 17.4. The molecule has 0 atom stereocenters. The summed E-state index contributed by atoms with van der Waals surface area (Å²) in [7, 11) is 4.61. The van der Waals surface area contributed by atoms with Gasteiger partial charge in [0, 0.05) is 41.4 Å². The lowest BCUT2D eigenvalue weighted by molar-refractivity contribution is 0.0744. The van der Waals surface area contributed by atoms with E-state index in [0.29, 0.717) is 23.2 Å². The molecule has 8 heteroatoms. The van der Waals surface area contributed by atoms with E-state index >= 15 is 0 Å². The smallest absolute Gasteiger partial charge is 0.262 e. The number of nitrogens with zero attached hydrogens (tertiary/aromatic N) is 1. The summed E-state index contributed by atoms with van der Waals surface area (Å²) in [5, 5.41) is 0. The summed E-state index contributed by atoms with van der Waals surface area (Å²) in [5.41, 5.74) is 0.888. The van der Waals surface area contributed by atoms with Gasteiger partial charge in [-0.15, -0.1) is 0 Å². The Morgan fingerprint density at radius 3 is 2.55 bits per heavy atom. The van der Waals surface area contributed by atoms with Crippen LogP contribution in [0.1, 0.15) is 15.9 Å². The summed E-state index contributed by atoms with van der Waals surface area (Å²) in [6.45, 7) is 2.51. The number of carbonyl (C=O) groups excluding carboxylic acids is 1. The molecular formula is C12H15BrClNO4S. The average Bonchev–Trinajstić information content (AvgIpc) is 2.36. The molecule has 0 spiro atoms. The van der Waals surface area contributed by atoms with E-state index < -0.39 is 9.05 Å². The maximum Gasteiger partial charge on any atom is 0.262 e. The van der Waals surface area contributed by atoms with Crippen LogP contribution in [0.15, 0.2) is 21.5 Å². The van der Waals surface area contributed by atoms with E-state index in [2.05, 4.69) is 15.9 Å². The van der Waals surface area contributed by atoms with E-state index in [1.54, 1.807) is 27.1 Å². The standard InChI is InChI=1S/C12H15BrClNO4S/c1-8-6-9(12(16)15(2)4-5-19-3)7-10(11(8)13)20(14,17)18/h6-7H,4-5H2,1-3H3. The van der Waals surface area contributed by atoms with Gasteiger partial charge in [-0.1, -0.05) is 0 Å². The van der Waals surface area contributed by atoms with Crippen LogP contribution in [0.3, 0.4) is 0 Å². The maximum atomic E-state index is 12.2. The van der Waals surface area contributed by atoms with Crippen LogP contribution in [-0.4, -0.2) is 46.5 Å². The molecule has 0 bridgehead atoms. The Morgan fingerprint density at radius 1 is 1.45 bits per heavy atom. The topological polar surface area (TPSA) is 63.7 Å². The van der Waals surface area contributed by atoms with Gasteiger partial charge in [0.1, 0.15) is 0 Å². The second-order valence-electron chi connectivity index (χ2n) is 4.26. The second kappa shape index (κ2) is 6.89. The third-order valence-electron chi connectivity index (χ3n) is 2.71. The zero-order valence-electron chi connectivity index (χ0n) is 11.3. The van der Waals surface area contributed by atoms with E-state index in [-0.39, 0.29) is 16.4 Å². The fraction of sp³-hybridized carbons (Fsp3) is 0.417. The summed E-state index contributed by atoms with van der Waals surface area (Å²) < 4.78 is 28.3. The van der Waals surface area contributed by atoms with Gasteiger partial charge in [0.25, 0.3) is 15.0 Å². The van der Waals surface area contributed by atoms with E-state index in [1.165, 1.54) is 11.0 Å². The number of hydrogen-bond acceptors (Lipinski definition) is 4. The molecule has 1 aromatic carbocycles. The van der Waals surface area contributed by atoms with Crippen molar-refractivity contribution in [3.63, 3.8) is 0 Å². The molecule has 0 unspecified atom stereocenters. The number of amides is 1. The molecule has 0 aliphatic rings. The first-order chi connectivity index (χ1) is 9.18. The first-order valence-corrected chi connectivity index (χ1v) is 8.78. The van der Waals surface area contributed by atoms with Gasteiger partial charge in [0.05, 0.1) is 11.5 Å². The largest absolute Gasteiger partial charge is 0.383 e. The Morgan fingerprint density at radius 2 is 2.05 bits per heavy atom. The number of ether oxygens (including phenoxy) is 1. The molecule has 112 valence electrons. The molecule has 0 N–H and O–H groups in total. The highest BCUT2D eigenvalue weighted by atomic mass is 79.9. The lowest BCUT2D eigenvalue weighted by atomic mass is 10.1. The fourth-order valence-corrected chi connectivity index (χ4v) is 3.74. The average molecular weight is 385 g/mol. The van der Waals surface area contributed by atoms with E-state index in [0.717, 1.165) is 0 Å². The summed E-state index contributed by atoms with van der Waals surface area (Å²) in [4.78, 5) is 13.6. The van der Waals surface area contributed by atoms with Crippen LogP contribution in [0.25, 0.3) is 0 Å². The molecule has 20 heavy (non-hydrogen) atoms. The molecule has 0 fully saturated rings. The molecule has 0 radical (unpaired) electrons. The van der Waals surface area contributed by atoms with E-state index in [9.17, 15) is 13.2 Å². The molecule has 1 amide bonds. The van der Waals surface area contributed by atoms with Crippen LogP contribution in [0, 0.1) is 6.92 Å². The van der Waals surface area contributed by atoms with Crippen molar-refractivity contribution < 1.29 is 17.9 Å². The van der Waals surface area contributed by atoms with Gasteiger partial charge in [-0.25, -0.2) is 8.42 Å². The monoisotopic (exact) mass is 383 g/mol. The molecule has 0 saturated carbocycles. The molecule has 0 aliphatic carbocycles. The first-order valence-electron chi connectivity index (χ1n) is 5.67. The van der Waals surface area contributed by atoms with Crippen molar-refractivity contribution in [3.05, 3.63) is 27.7 Å². The van der Waals surface area contributed by atoms with E-state index in [1.807, 2.05) is 0 Å². The second-order valence-corrected chi connectivity index (χ2v) is 7.59. The number of methoxy groups -OCH3 is 1. The van der Waals surface area contributed by atoms with Crippen LogP contribution in [-0.2, 0) is 13.8 Å². The summed E-state index contributed by atoms with van der Waals surface area (Å²) in [6, 6.07) is 2.88. The van der Waals surface area contributed by atoms with Crippen LogP contribution >= 0.6 is 26.6 Å². The Balaban J connectivity index is 3.21. The number of benzene rings is 1. The predicted octanol–water partition coefficient (Wildman–Crippen LogP) is 2.40. The van der Waals surface area contributed by atoms with Gasteiger partial charge in [-0.3, -0.25) is 4.79 Å². The van der Waals surface area contributed by atoms with Gasteiger partial charge in [-0.2, -0.15) is 0 Å². The number of likely N-dealkylation sites (N-methyl/N-ethyl adjacent to an activating group) is 1. The van der Waals surface area contributed by atoms with Crippen LogP contribution in [0.5, 0.6) is 0 Å². The normalized spacial score (nSPS) is 11.4. The molecule has 0 saturated heterocycles. The van der Waals surface area contributed by atoms with Gasteiger partial charge in [0.15, 0.2) is 0 Å². The zero-order chi connectivity index (χ0) is 15.5. The van der Waals surface area contributed by atoms with Gasteiger partial charge in [-0.05, 0) is 40.5 Å². The highest BCUT2D eigenvalue weighted by Crippen LogP contribution is 2.30. The highest BCUT2D eigenvalue weighted by Gasteiger charge is 2.21. The highest BCUT2D eigenvalue weighted by molar-refractivity contribution is 9.10. The number of rotatable bonds is 5. The summed E-state index contributed by atoms with van der Waals surface area (Å²) >= 11 is 3.17. The molecular weight excluding hydrogens is 370 g/mol. The minimum absolute atomic E-state index is 0.109. The molecule has 0 aromatic heterocycles. The van der Waals surface area contributed by atoms with Crippen molar-refractivity contribution in [3.8, 4) is 0 Å². The summed E-state index contributed by atoms with van der Waals surface area (Å²) in [6.07, 6.45) is 0. The zero-order valence-corrected chi connectivity index (χ0v) is 14.5. The van der Waals surface area contributed by atoms with Gasteiger partial charge in [0.2, 0.25) is 0 Å². The quantitative estimate of drug-likeness (QED) is 0.731. The van der Waals surface area contributed by atoms with Crippen molar-refractivity contribution in [2.24, 2.45) is 0 Å². The SMILES string of the molecule is COCCN(C)C(=O)c1cc(C)c(Br)c(S(=O)(=O)Cl)c1. The Kier molecular flexibility index (Phi) is 6.00. The van der Waals surface area contributed by atoms with Crippen molar-refractivity contribution >= 4 is 41.6 Å². The number of aryl methyl sites for hydroxylation is 1. The molecule has 0 heterocycles. The van der Waals surface area contributed by atoms with Gasteiger partial charge >= 0.3 is 0 Å². The Bertz CT molecular complexity index is 618. The van der Waals surface area contributed by atoms with Crippen molar-refractivity contribution in [2.45, 2.75) is 11.8 Å². The summed E-state index contributed by atoms with van der Waals surface area (Å²) in [5.74, 6) is -0.292. The number of halogens is 2. The fourth-order valence-electron chi connectivity index (χ4n) is 1.59. The van der Waals surface area contributed by atoms with Crippen LogP contribution < -0.4 is 0 Å². The third-order valence-corrected chi connectivity index (χ3v) is 5.37.